The van der Waals surface area contributed by atoms with Crippen molar-refractivity contribution in [2.75, 3.05) is 39.3 Å². The number of hydrogen-bond donors (Lipinski definition) is 2. The topological polar surface area (TPSA) is 113 Å². The molecule has 1 saturated heterocycles. The third-order valence-corrected chi connectivity index (χ3v) is 5.36. The Kier molecular flexibility index (Phi) is 7.13. The number of sulfonamides is 1. The maximum atomic E-state index is 12.2. The SMILES string of the molecule is CC(=O)N1CCN(C(=O)CCNCCc2ccc(S(N)(=O)=O)cc2)CC1. The summed E-state index contributed by atoms with van der Waals surface area (Å²) in [6.07, 6.45) is 1.15. The number of rotatable bonds is 7. The number of benzene rings is 1. The lowest BCUT2D eigenvalue weighted by Crippen LogP contribution is -2.50. The first kappa shape index (κ1) is 20.3. The minimum atomic E-state index is -3.66. The Morgan fingerprint density at radius 3 is 2.15 bits per heavy atom. The second kappa shape index (κ2) is 9.11. The van der Waals surface area contributed by atoms with Gasteiger partial charge in [0.05, 0.1) is 4.90 Å². The number of nitrogens with zero attached hydrogens (tertiary/aromatic N) is 2. The fourth-order valence-electron chi connectivity index (χ4n) is 2.83. The summed E-state index contributed by atoms with van der Waals surface area (Å²) >= 11 is 0. The van der Waals surface area contributed by atoms with Gasteiger partial charge in [0.25, 0.3) is 0 Å². The van der Waals surface area contributed by atoms with Crippen LogP contribution in [0.25, 0.3) is 0 Å². The molecule has 1 heterocycles. The molecular formula is C17H26N4O4S. The van der Waals surface area contributed by atoms with Crippen molar-refractivity contribution >= 4 is 21.8 Å². The molecule has 1 fully saturated rings. The molecule has 26 heavy (non-hydrogen) atoms. The number of piperazine rings is 1. The Labute approximate surface area is 154 Å². The fourth-order valence-corrected chi connectivity index (χ4v) is 3.34. The van der Waals surface area contributed by atoms with Crippen LogP contribution in [0.2, 0.25) is 0 Å². The number of hydrogen-bond acceptors (Lipinski definition) is 5. The second-order valence-corrected chi connectivity index (χ2v) is 7.89. The molecule has 0 atom stereocenters. The first-order valence-corrected chi connectivity index (χ1v) is 10.2. The number of carbonyl (C=O) groups is 2. The highest BCUT2D eigenvalue weighted by molar-refractivity contribution is 7.89. The zero-order valence-corrected chi connectivity index (χ0v) is 15.8. The molecule has 1 aromatic carbocycles. The summed E-state index contributed by atoms with van der Waals surface area (Å²) in [7, 11) is -3.66. The van der Waals surface area contributed by atoms with Gasteiger partial charge in [0, 0.05) is 46.1 Å². The highest BCUT2D eigenvalue weighted by Crippen LogP contribution is 2.09. The molecule has 1 aromatic rings. The van der Waals surface area contributed by atoms with Gasteiger partial charge in [-0.3, -0.25) is 9.59 Å². The van der Waals surface area contributed by atoms with E-state index in [0.717, 1.165) is 12.0 Å². The summed E-state index contributed by atoms with van der Waals surface area (Å²) in [6, 6.07) is 6.46. The van der Waals surface area contributed by atoms with Crippen molar-refractivity contribution in [1.29, 1.82) is 0 Å². The number of carbonyl (C=O) groups excluding carboxylic acids is 2. The molecule has 9 heteroatoms. The summed E-state index contributed by atoms with van der Waals surface area (Å²) < 4.78 is 22.4. The van der Waals surface area contributed by atoms with Crippen molar-refractivity contribution in [2.45, 2.75) is 24.7 Å². The molecule has 144 valence electrons. The summed E-state index contributed by atoms with van der Waals surface area (Å²) in [6.45, 7) is 5.21. The summed E-state index contributed by atoms with van der Waals surface area (Å²) in [5, 5.41) is 8.28. The van der Waals surface area contributed by atoms with Gasteiger partial charge in [0.2, 0.25) is 21.8 Å². The smallest absolute Gasteiger partial charge is 0.238 e. The molecular weight excluding hydrogens is 356 g/mol. The zero-order valence-electron chi connectivity index (χ0n) is 15.0. The second-order valence-electron chi connectivity index (χ2n) is 6.33. The summed E-state index contributed by atoms with van der Waals surface area (Å²) in [5.41, 5.74) is 0.997. The van der Waals surface area contributed by atoms with E-state index in [0.29, 0.717) is 45.7 Å². The molecule has 0 aliphatic carbocycles. The standard InChI is InChI=1S/C17H26N4O4S/c1-14(22)20-10-12-21(13-11-20)17(23)7-9-19-8-6-15-2-4-16(5-3-15)26(18,24)25/h2-5,19H,6-13H2,1H3,(H2,18,24,25). The summed E-state index contributed by atoms with van der Waals surface area (Å²) in [5.74, 6) is 0.147. The lowest BCUT2D eigenvalue weighted by atomic mass is 10.1. The predicted octanol–water partition coefficient (Wildman–Crippen LogP) is -0.453. The number of nitrogens with two attached hydrogens (primary N) is 1. The molecule has 2 rings (SSSR count). The Morgan fingerprint density at radius 2 is 1.62 bits per heavy atom. The van der Waals surface area contributed by atoms with Crippen molar-refractivity contribution in [3.63, 3.8) is 0 Å². The molecule has 3 N–H and O–H groups in total. The Bertz CT molecular complexity index is 726. The first-order valence-electron chi connectivity index (χ1n) is 8.63. The zero-order chi connectivity index (χ0) is 19.2. The van der Waals surface area contributed by atoms with Gasteiger partial charge in [0.1, 0.15) is 0 Å². The third-order valence-electron chi connectivity index (χ3n) is 4.44. The number of nitrogens with one attached hydrogen (secondary N) is 1. The lowest BCUT2D eigenvalue weighted by molar-refractivity contribution is -0.138. The molecule has 1 aliphatic rings. The monoisotopic (exact) mass is 382 g/mol. The van der Waals surface area contributed by atoms with E-state index >= 15 is 0 Å². The van der Waals surface area contributed by atoms with Crippen LogP contribution in [-0.4, -0.2) is 69.3 Å². The first-order chi connectivity index (χ1) is 12.3. The van der Waals surface area contributed by atoms with Crippen molar-refractivity contribution in [3.05, 3.63) is 29.8 Å². The average Bonchev–Trinajstić information content (AvgIpc) is 2.61. The molecule has 2 amide bonds. The van der Waals surface area contributed by atoms with E-state index in [1.54, 1.807) is 28.9 Å². The van der Waals surface area contributed by atoms with Crippen LogP contribution in [0.1, 0.15) is 18.9 Å². The van der Waals surface area contributed by atoms with Gasteiger partial charge in [-0.05, 0) is 30.7 Å². The molecule has 0 saturated carbocycles. The van der Waals surface area contributed by atoms with E-state index < -0.39 is 10.0 Å². The van der Waals surface area contributed by atoms with Crippen LogP contribution in [0.4, 0.5) is 0 Å². The normalized spacial score (nSPS) is 15.2. The molecule has 0 radical (unpaired) electrons. The van der Waals surface area contributed by atoms with Gasteiger partial charge < -0.3 is 15.1 Å². The van der Waals surface area contributed by atoms with E-state index in [2.05, 4.69) is 5.32 Å². The van der Waals surface area contributed by atoms with Gasteiger partial charge in [-0.1, -0.05) is 12.1 Å². The van der Waals surface area contributed by atoms with E-state index in [1.165, 1.54) is 12.1 Å². The van der Waals surface area contributed by atoms with E-state index in [9.17, 15) is 18.0 Å². The largest absolute Gasteiger partial charge is 0.339 e. The molecule has 0 aromatic heterocycles. The van der Waals surface area contributed by atoms with Crippen LogP contribution in [0.3, 0.4) is 0 Å². The molecule has 8 nitrogen and oxygen atoms in total. The van der Waals surface area contributed by atoms with E-state index in [4.69, 9.17) is 5.14 Å². The van der Waals surface area contributed by atoms with E-state index in [1.807, 2.05) is 0 Å². The van der Waals surface area contributed by atoms with Crippen LogP contribution in [-0.2, 0) is 26.0 Å². The van der Waals surface area contributed by atoms with Crippen molar-refractivity contribution < 1.29 is 18.0 Å². The van der Waals surface area contributed by atoms with Gasteiger partial charge >= 0.3 is 0 Å². The summed E-state index contributed by atoms with van der Waals surface area (Å²) in [4.78, 5) is 27.1. The van der Waals surface area contributed by atoms with Gasteiger partial charge in [-0.15, -0.1) is 0 Å². The Morgan fingerprint density at radius 1 is 1.04 bits per heavy atom. The van der Waals surface area contributed by atoms with Crippen LogP contribution in [0, 0.1) is 0 Å². The average molecular weight is 382 g/mol. The maximum Gasteiger partial charge on any atom is 0.238 e. The van der Waals surface area contributed by atoms with Crippen LogP contribution >= 0.6 is 0 Å². The van der Waals surface area contributed by atoms with Gasteiger partial charge in [-0.25, -0.2) is 13.6 Å². The number of amides is 2. The molecule has 1 aliphatic heterocycles. The van der Waals surface area contributed by atoms with Crippen LogP contribution in [0.15, 0.2) is 29.2 Å². The predicted molar refractivity (Wildman–Crippen MR) is 97.8 cm³/mol. The lowest BCUT2D eigenvalue weighted by Gasteiger charge is -2.34. The van der Waals surface area contributed by atoms with Crippen molar-refractivity contribution in [3.8, 4) is 0 Å². The fraction of sp³-hybridized carbons (Fsp3) is 0.529. The minimum Gasteiger partial charge on any atom is -0.339 e. The quantitative estimate of drug-likeness (QED) is 0.620. The third kappa shape index (κ3) is 6.08. The number of primary sulfonamides is 1. The van der Waals surface area contributed by atoms with Gasteiger partial charge in [0.15, 0.2) is 0 Å². The van der Waals surface area contributed by atoms with Crippen molar-refractivity contribution in [1.82, 2.24) is 15.1 Å². The van der Waals surface area contributed by atoms with Crippen molar-refractivity contribution in [2.24, 2.45) is 5.14 Å². The van der Waals surface area contributed by atoms with Crippen LogP contribution < -0.4 is 10.5 Å². The molecule has 0 spiro atoms. The van der Waals surface area contributed by atoms with E-state index in [-0.39, 0.29) is 16.7 Å². The molecule has 0 bridgehead atoms. The minimum absolute atomic E-state index is 0.0517. The molecule has 0 unspecified atom stereocenters. The Balaban J connectivity index is 1.63. The van der Waals surface area contributed by atoms with Crippen LogP contribution in [0.5, 0.6) is 0 Å². The maximum absolute atomic E-state index is 12.2. The Hall–Kier alpha value is -1.97. The highest BCUT2D eigenvalue weighted by Gasteiger charge is 2.21. The van der Waals surface area contributed by atoms with Gasteiger partial charge in [-0.2, -0.15) is 0 Å². The highest BCUT2D eigenvalue weighted by atomic mass is 32.2.